The minimum Gasteiger partial charge on any atom is -0.459 e. The lowest BCUT2D eigenvalue weighted by atomic mass is 10.1. The van der Waals surface area contributed by atoms with Gasteiger partial charge in [0.15, 0.2) is 5.76 Å². The van der Waals surface area contributed by atoms with Crippen molar-refractivity contribution in [3.8, 4) is 0 Å². The number of rotatable bonds is 4. The van der Waals surface area contributed by atoms with E-state index >= 15 is 0 Å². The van der Waals surface area contributed by atoms with Crippen molar-refractivity contribution < 1.29 is 14.0 Å². The van der Waals surface area contributed by atoms with Crippen LogP contribution in [0.25, 0.3) is 0 Å². The third kappa shape index (κ3) is 4.37. The van der Waals surface area contributed by atoms with E-state index in [1.165, 1.54) is 17.6 Å². The molecule has 1 aliphatic heterocycles. The molecule has 0 atom stereocenters. The molecule has 24 heavy (non-hydrogen) atoms. The molecule has 0 saturated carbocycles. The van der Waals surface area contributed by atoms with Gasteiger partial charge >= 0.3 is 0 Å². The van der Waals surface area contributed by atoms with Crippen LogP contribution in [0.5, 0.6) is 0 Å². The fraction of sp³-hybridized carbons (Fsp3) is 0.375. The molecule has 3 rings (SSSR count). The summed E-state index contributed by atoms with van der Waals surface area (Å²) in [5.74, 6) is -0.142. The Balaban J connectivity index is 0.00000208. The van der Waals surface area contributed by atoms with E-state index in [-0.39, 0.29) is 36.0 Å². The number of furan rings is 1. The number of halogens is 1. The van der Waals surface area contributed by atoms with Crippen molar-refractivity contribution in [3.63, 3.8) is 0 Å². The molecule has 0 spiro atoms. The van der Waals surface area contributed by atoms with Gasteiger partial charge in [-0.25, -0.2) is 0 Å². The highest BCUT2D eigenvalue weighted by atomic mass is 35.5. The van der Waals surface area contributed by atoms with Crippen molar-refractivity contribution in [2.75, 3.05) is 18.4 Å². The van der Waals surface area contributed by atoms with E-state index in [4.69, 9.17) is 4.42 Å². The molecule has 0 aromatic carbocycles. The Morgan fingerprint density at radius 2 is 2.04 bits per heavy atom. The number of thiophene rings is 1. The predicted molar refractivity (Wildman–Crippen MR) is 96.3 cm³/mol. The molecule has 1 aliphatic rings. The summed E-state index contributed by atoms with van der Waals surface area (Å²) in [6.45, 7) is 3.73. The zero-order valence-electron chi connectivity index (χ0n) is 13.3. The Kier molecular flexibility index (Phi) is 6.42. The summed E-state index contributed by atoms with van der Waals surface area (Å²) in [7, 11) is 0. The predicted octanol–water partition coefficient (Wildman–Crippen LogP) is 2.81. The van der Waals surface area contributed by atoms with Crippen LogP contribution in [-0.4, -0.2) is 30.9 Å². The molecule has 0 bridgehead atoms. The number of anilines is 1. The second-order valence-corrected chi connectivity index (χ2v) is 6.60. The second kappa shape index (κ2) is 8.32. The van der Waals surface area contributed by atoms with E-state index in [0.717, 1.165) is 31.5 Å². The van der Waals surface area contributed by atoms with Crippen LogP contribution < -0.4 is 16.0 Å². The van der Waals surface area contributed by atoms with E-state index in [2.05, 4.69) is 16.0 Å². The Hall–Kier alpha value is -1.83. The van der Waals surface area contributed by atoms with Crippen LogP contribution in [0.4, 0.5) is 5.00 Å². The number of aryl methyl sites for hydroxylation is 1. The maximum absolute atomic E-state index is 12.4. The molecule has 0 aliphatic carbocycles. The van der Waals surface area contributed by atoms with E-state index in [1.54, 1.807) is 12.1 Å². The van der Waals surface area contributed by atoms with Crippen molar-refractivity contribution in [1.29, 1.82) is 0 Å². The summed E-state index contributed by atoms with van der Waals surface area (Å²) in [4.78, 5) is 25.0. The number of carbonyl (C=O) groups excluding carboxylic acids is 2. The molecular weight excluding hydrogens is 350 g/mol. The van der Waals surface area contributed by atoms with Gasteiger partial charge in [0.25, 0.3) is 11.8 Å². The van der Waals surface area contributed by atoms with Gasteiger partial charge in [-0.1, -0.05) is 0 Å². The van der Waals surface area contributed by atoms with Crippen molar-refractivity contribution in [2.45, 2.75) is 25.8 Å². The lowest BCUT2D eigenvalue weighted by molar-refractivity contribution is 0.0932. The SMILES string of the molecule is Cc1cc(NC(=O)c2ccco2)sc1C(=O)NC1CCNCC1.Cl. The standard InChI is InChI=1S/C16H19N3O3S.ClH/c1-10-9-13(19-15(20)12-3-2-8-22-12)23-14(10)16(21)18-11-4-6-17-7-5-11;/h2-3,8-9,11,17H,4-7H2,1H3,(H,18,21)(H,19,20);1H. The first kappa shape index (κ1) is 18.5. The molecule has 0 radical (unpaired) electrons. The van der Waals surface area contributed by atoms with Gasteiger partial charge in [-0.2, -0.15) is 0 Å². The minimum absolute atomic E-state index is 0. The van der Waals surface area contributed by atoms with Crippen molar-refractivity contribution in [3.05, 3.63) is 40.7 Å². The normalized spacial score (nSPS) is 14.7. The summed E-state index contributed by atoms with van der Waals surface area (Å²) >= 11 is 1.28. The van der Waals surface area contributed by atoms with E-state index in [9.17, 15) is 9.59 Å². The van der Waals surface area contributed by atoms with Gasteiger partial charge in [-0.05, 0) is 56.6 Å². The van der Waals surface area contributed by atoms with E-state index < -0.39 is 0 Å². The molecule has 1 fully saturated rings. The van der Waals surface area contributed by atoms with Gasteiger partial charge in [0, 0.05) is 6.04 Å². The highest BCUT2D eigenvalue weighted by Crippen LogP contribution is 2.27. The molecule has 2 amide bonds. The first-order valence-corrected chi connectivity index (χ1v) is 8.42. The molecule has 2 aromatic heterocycles. The molecule has 8 heteroatoms. The fourth-order valence-electron chi connectivity index (χ4n) is 2.57. The number of nitrogens with one attached hydrogen (secondary N) is 3. The fourth-order valence-corrected chi connectivity index (χ4v) is 3.54. The first-order chi connectivity index (χ1) is 11.1. The molecule has 0 unspecified atom stereocenters. The number of piperidine rings is 1. The highest BCUT2D eigenvalue weighted by Gasteiger charge is 2.20. The Morgan fingerprint density at radius 1 is 1.29 bits per heavy atom. The average Bonchev–Trinajstić information content (AvgIpc) is 3.18. The van der Waals surface area contributed by atoms with Crippen LogP contribution in [-0.2, 0) is 0 Å². The van der Waals surface area contributed by atoms with Gasteiger partial charge in [0.1, 0.15) is 0 Å². The molecule has 130 valence electrons. The minimum atomic E-state index is -0.318. The third-order valence-electron chi connectivity index (χ3n) is 3.78. The zero-order chi connectivity index (χ0) is 16.2. The number of amides is 2. The first-order valence-electron chi connectivity index (χ1n) is 7.60. The zero-order valence-corrected chi connectivity index (χ0v) is 14.9. The van der Waals surface area contributed by atoms with Crippen LogP contribution >= 0.6 is 23.7 Å². The molecule has 3 heterocycles. The maximum Gasteiger partial charge on any atom is 0.291 e. The monoisotopic (exact) mass is 369 g/mol. The second-order valence-electron chi connectivity index (χ2n) is 5.55. The third-order valence-corrected chi connectivity index (χ3v) is 4.93. The van der Waals surface area contributed by atoms with Gasteiger partial charge in [-0.15, -0.1) is 23.7 Å². The Morgan fingerprint density at radius 3 is 2.71 bits per heavy atom. The Labute approximate surface area is 150 Å². The Bertz CT molecular complexity index is 693. The van der Waals surface area contributed by atoms with Crippen LogP contribution in [0.3, 0.4) is 0 Å². The summed E-state index contributed by atoms with van der Waals surface area (Å²) in [5.41, 5.74) is 0.858. The van der Waals surface area contributed by atoms with Gasteiger partial charge in [0.2, 0.25) is 0 Å². The van der Waals surface area contributed by atoms with Gasteiger partial charge in [0.05, 0.1) is 16.1 Å². The van der Waals surface area contributed by atoms with Crippen molar-refractivity contribution in [1.82, 2.24) is 10.6 Å². The van der Waals surface area contributed by atoms with Crippen molar-refractivity contribution >= 4 is 40.6 Å². The topological polar surface area (TPSA) is 83.4 Å². The van der Waals surface area contributed by atoms with Gasteiger partial charge in [-0.3, -0.25) is 9.59 Å². The largest absolute Gasteiger partial charge is 0.459 e. The lowest BCUT2D eigenvalue weighted by Crippen LogP contribution is -2.42. The van der Waals surface area contributed by atoms with Crippen LogP contribution in [0.1, 0.15) is 38.6 Å². The summed E-state index contributed by atoms with van der Waals surface area (Å²) in [6.07, 6.45) is 3.34. The maximum atomic E-state index is 12.4. The number of hydrogen-bond acceptors (Lipinski definition) is 5. The molecular formula is C16H20ClN3O3S. The molecule has 6 nitrogen and oxygen atoms in total. The smallest absolute Gasteiger partial charge is 0.291 e. The van der Waals surface area contributed by atoms with E-state index in [0.29, 0.717) is 9.88 Å². The van der Waals surface area contributed by atoms with E-state index in [1.807, 2.05) is 13.0 Å². The van der Waals surface area contributed by atoms with Gasteiger partial charge < -0.3 is 20.4 Å². The summed E-state index contributed by atoms with van der Waals surface area (Å²) in [6, 6.07) is 5.28. The van der Waals surface area contributed by atoms with Crippen molar-refractivity contribution in [2.24, 2.45) is 0 Å². The lowest BCUT2D eigenvalue weighted by Gasteiger charge is -2.23. The van der Waals surface area contributed by atoms with Crippen LogP contribution in [0.15, 0.2) is 28.9 Å². The number of hydrogen-bond donors (Lipinski definition) is 3. The highest BCUT2D eigenvalue weighted by molar-refractivity contribution is 7.18. The van der Waals surface area contributed by atoms with Crippen LogP contribution in [0, 0.1) is 6.92 Å². The summed E-state index contributed by atoms with van der Waals surface area (Å²) in [5, 5.41) is 9.74. The summed E-state index contributed by atoms with van der Waals surface area (Å²) < 4.78 is 5.06. The molecule has 2 aromatic rings. The quantitative estimate of drug-likeness (QED) is 0.773. The number of carbonyl (C=O) groups is 2. The molecule has 3 N–H and O–H groups in total. The van der Waals surface area contributed by atoms with Crippen LogP contribution in [0.2, 0.25) is 0 Å². The molecule has 1 saturated heterocycles. The average molecular weight is 370 g/mol.